The molecule has 1 amide bonds. The molecular weight excluding hydrogens is 402 g/mol. The molecule has 6 nitrogen and oxygen atoms in total. The van der Waals surface area contributed by atoms with Gasteiger partial charge in [0.05, 0.1) is 11.1 Å². The Hall–Kier alpha value is -2.57. The maximum absolute atomic E-state index is 13.1. The van der Waals surface area contributed by atoms with Crippen LogP contribution in [0.1, 0.15) is 42.5 Å². The van der Waals surface area contributed by atoms with Crippen LogP contribution in [0.2, 0.25) is 0 Å². The van der Waals surface area contributed by atoms with E-state index in [4.69, 9.17) is 4.42 Å². The molecule has 30 heavy (non-hydrogen) atoms. The summed E-state index contributed by atoms with van der Waals surface area (Å²) < 4.78 is 5.83. The van der Waals surface area contributed by atoms with Gasteiger partial charge < -0.3 is 19.7 Å². The van der Waals surface area contributed by atoms with Gasteiger partial charge in [0, 0.05) is 18.1 Å². The Morgan fingerprint density at radius 2 is 1.87 bits per heavy atom. The van der Waals surface area contributed by atoms with Gasteiger partial charge >= 0.3 is 0 Å². The van der Waals surface area contributed by atoms with E-state index in [-0.39, 0.29) is 30.1 Å². The van der Waals surface area contributed by atoms with Gasteiger partial charge in [-0.05, 0) is 57.0 Å². The number of halogens is 1. The number of carbonyl (C=O) groups is 1. The summed E-state index contributed by atoms with van der Waals surface area (Å²) in [7, 11) is 2.21. The van der Waals surface area contributed by atoms with E-state index >= 15 is 0 Å². The van der Waals surface area contributed by atoms with Crippen LogP contribution in [-0.4, -0.2) is 46.1 Å². The van der Waals surface area contributed by atoms with Crippen molar-refractivity contribution in [2.45, 2.75) is 50.2 Å². The van der Waals surface area contributed by atoms with E-state index in [9.17, 15) is 9.90 Å². The number of hydrogen-bond acceptors (Lipinski definition) is 5. The Morgan fingerprint density at radius 1 is 1.13 bits per heavy atom. The summed E-state index contributed by atoms with van der Waals surface area (Å²) >= 11 is 0. The number of fused-ring (bicyclic) bond motifs is 3. The maximum atomic E-state index is 13.1. The standard InChI is InChI=1S/C23H25N3O3.ClH/c1-26-15-6-4-7-16(26)13-14(12-15)24-22(28)18-9-5-11-20-21(18)25-23(29-20)17-8-2-3-10-19(17)27;/h2-3,5,8-11,14-16,27H,4,6-7,12-13H2,1H3,(H,24,28);1H. The van der Waals surface area contributed by atoms with Crippen LogP contribution in [0, 0.1) is 0 Å². The topological polar surface area (TPSA) is 78.6 Å². The zero-order chi connectivity index (χ0) is 20.0. The number of nitrogens with one attached hydrogen (secondary N) is 1. The molecule has 3 aromatic rings. The molecule has 1 aromatic heterocycles. The van der Waals surface area contributed by atoms with E-state index < -0.39 is 0 Å². The van der Waals surface area contributed by atoms with E-state index in [1.165, 1.54) is 19.3 Å². The predicted molar refractivity (Wildman–Crippen MR) is 118 cm³/mol. The number of piperidine rings is 2. The lowest BCUT2D eigenvalue weighted by Gasteiger charge is -2.47. The van der Waals surface area contributed by atoms with E-state index in [0.29, 0.717) is 40.2 Å². The third kappa shape index (κ3) is 3.66. The zero-order valence-electron chi connectivity index (χ0n) is 16.9. The van der Waals surface area contributed by atoms with Crippen LogP contribution in [0.25, 0.3) is 22.6 Å². The Balaban J connectivity index is 0.00000218. The highest BCUT2D eigenvalue weighted by atomic mass is 35.5. The number of benzene rings is 2. The number of nitrogens with zero attached hydrogens (tertiary/aromatic N) is 2. The van der Waals surface area contributed by atoms with Crippen molar-refractivity contribution >= 4 is 29.4 Å². The molecule has 2 aliphatic rings. The number of phenolic OH excluding ortho intramolecular Hbond substituents is 1. The molecular formula is C23H26ClN3O3. The monoisotopic (exact) mass is 427 g/mol. The Bertz CT molecular complexity index is 1050. The molecule has 2 unspecified atom stereocenters. The first kappa shape index (κ1) is 20.7. The molecule has 5 rings (SSSR count). The van der Waals surface area contributed by atoms with Crippen molar-refractivity contribution in [3.8, 4) is 17.2 Å². The number of carbonyl (C=O) groups excluding carboxylic acids is 1. The van der Waals surface area contributed by atoms with Gasteiger partial charge in [-0.15, -0.1) is 12.4 Å². The molecule has 2 atom stereocenters. The highest BCUT2D eigenvalue weighted by Gasteiger charge is 2.36. The second-order valence-electron chi connectivity index (χ2n) is 8.23. The van der Waals surface area contributed by atoms with Crippen molar-refractivity contribution in [1.29, 1.82) is 0 Å². The number of para-hydroxylation sites is 2. The van der Waals surface area contributed by atoms with Gasteiger partial charge in [0.1, 0.15) is 11.3 Å². The number of aromatic hydroxyl groups is 1. The molecule has 0 spiro atoms. The highest BCUT2D eigenvalue weighted by Crippen LogP contribution is 2.34. The summed E-state index contributed by atoms with van der Waals surface area (Å²) in [5, 5.41) is 13.3. The Labute approximate surface area is 181 Å². The van der Waals surface area contributed by atoms with Gasteiger partial charge in [-0.3, -0.25) is 4.79 Å². The molecule has 7 heteroatoms. The van der Waals surface area contributed by atoms with Gasteiger partial charge in [0.25, 0.3) is 5.91 Å². The first-order valence-corrected chi connectivity index (χ1v) is 10.3. The van der Waals surface area contributed by atoms with Gasteiger partial charge in [-0.25, -0.2) is 4.98 Å². The van der Waals surface area contributed by atoms with Gasteiger partial charge in [0.2, 0.25) is 5.89 Å². The first-order valence-electron chi connectivity index (χ1n) is 10.3. The second kappa shape index (κ2) is 8.28. The van der Waals surface area contributed by atoms with Crippen molar-refractivity contribution in [3.63, 3.8) is 0 Å². The molecule has 158 valence electrons. The van der Waals surface area contributed by atoms with E-state index in [1.54, 1.807) is 36.4 Å². The fourth-order valence-electron chi connectivity index (χ4n) is 4.90. The smallest absolute Gasteiger partial charge is 0.253 e. The number of amides is 1. The van der Waals surface area contributed by atoms with Gasteiger partial charge in [0.15, 0.2) is 5.58 Å². The SMILES string of the molecule is CN1C2CCCC1CC(NC(=O)c1cccc3oc(-c4ccccc4O)nc13)C2.Cl. The molecule has 0 saturated carbocycles. The molecule has 2 N–H and O–H groups in total. The lowest BCUT2D eigenvalue weighted by atomic mass is 9.82. The normalized spacial score (nSPS) is 23.7. The number of aromatic nitrogens is 1. The largest absolute Gasteiger partial charge is 0.507 e. The lowest BCUT2D eigenvalue weighted by molar-refractivity contribution is 0.0463. The minimum atomic E-state index is -0.111. The third-order valence-electron chi connectivity index (χ3n) is 6.47. The first-order chi connectivity index (χ1) is 14.1. The van der Waals surface area contributed by atoms with Crippen molar-refractivity contribution in [3.05, 3.63) is 48.0 Å². The highest BCUT2D eigenvalue weighted by molar-refractivity contribution is 6.05. The van der Waals surface area contributed by atoms with E-state index in [2.05, 4.69) is 22.2 Å². The molecule has 2 fully saturated rings. The van der Waals surface area contributed by atoms with Gasteiger partial charge in [-0.2, -0.15) is 0 Å². The lowest BCUT2D eigenvalue weighted by Crippen LogP contribution is -2.55. The minimum Gasteiger partial charge on any atom is -0.507 e. The van der Waals surface area contributed by atoms with E-state index in [0.717, 1.165) is 12.8 Å². The van der Waals surface area contributed by atoms with Crippen LogP contribution in [0.5, 0.6) is 5.75 Å². The molecule has 0 radical (unpaired) electrons. The fourth-order valence-corrected chi connectivity index (χ4v) is 4.90. The van der Waals surface area contributed by atoms with Crippen LogP contribution in [0.15, 0.2) is 46.9 Å². The summed E-state index contributed by atoms with van der Waals surface area (Å²) in [5.74, 6) is 0.301. The quantitative estimate of drug-likeness (QED) is 0.649. The van der Waals surface area contributed by atoms with Crippen molar-refractivity contribution < 1.29 is 14.3 Å². The molecule has 0 aliphatic carbocycles. The van der Waals surface area contributed by atoms with Crippen LogP contribution in [-0.2, 0) is 0 Å². The van der Waals surface area contributed by atoms with Crippen molar-refractivity contribution in [2.75, 3.05) is 7.05 Å². The van der Waals surface area contributed by atoms with Gasteiger partial charge in [-0.1, -0.05) is 24.6 Å². The average Bonchev–Trinajstić information content (AvgIpc) is 3.13. The Kier molecular flexibility index (Phi) is 5.71. The summed E-state index contributed by atoms with van der Waals surface area (Å²) in [6, 6.07) is 13.6. The predicted octanol–water partition coefficient (Wildman–Crippen LogP) is 4.37. The van der Waals surface area contributed by atoms with Crippen LogP contribution in [0.3, 0.4) is 0 Å². The molecule has 3 heterocycles. The number of oxazole rings is 1. The van der Waals surface area contributed by atoms with E-state index in [1.807, 2.05) is 6.07 Å². The average molecular weight is 428 g/mol. The number of rotatable bonds is 3. The molecule has 2 aliphatic heterocycles. The van der Waals surface area contributed by atoms with Crippen molar-refractivity contribution in [1.82, 2.24) is 15.2 Å². The summed E-state index contributed by atoms with van der Waals surface area (Å²) in [6.45, 7) is 0. The summed E-state index contributed by atoms with van der Waals surface area (Å²) in [5.41, 5.74) is 2.09. The van der Waals surface area contributed by atoms with Crippen LogP contribution in [0.4, 0.5) is 0 Å². The summed E-state index contributed by atoms with van der Waals surface area (Å²) in [6.07, 6.45) is 5.70. The van der Waals surface area contributed by atoms with Crippen molar-refractivity contribution in [2.24, 2.45) is 0 Å². The minimum absolute atomic E-state index is 0. The molecule has 2 saturated heterocycles. The van der Waals surface area contributed by atoms with Crippen LogP contribution < -0.4 is 5.32 Å². The molecule has 2 bridgehead atoms. The number of phenols is 1. The summed E-state index contributed by atoms with van der Waals surface area (Å²) in [4.78, 5) is 20.1. The zero-order valence-corrected chi connectivity index (χ0v) is 17.7. The second-order valence-corrected chi connectivity index (χ2v) is 8.23. The maximum Gasteiger partial charge on any atom is 0.253 e. The number of hydrogen-bond donors (Lipinski definition) is 2. The Morgan fingerprint density at radius 3 is 2.60 bits per heavy atom. The molecule has 2 aromatic carbocycles. The fraction of sp³-hybridized carbons (Fsp3) is 0.391. The van der Waals surface area contributed by atoms with Crippen LogP contribution >= 0.6 is 12.4 Å². The third-order valence-corrected chi connectivity index (χ3v) is 6.47.